The summed E-state index contributed by atoms with van der Waals surface area (Å²) in [5, 5.41) is 28.7. The van der Waals surface area contributed by atoms with E-state index in [4.69, 9.17) is 21.1 Å². The predicted octanol–water partition coefficient (Wildman–Crippen LogP) is 6.53. The minimum atomic E-state index is -1.19. The van der Waals surface area contributed by atoms with Gasteiger partial charge in [-0.15, -0.1) is 5.10 Å². The van der Waals surface area contributed by atoms with Crippen LogP contribution in [0.5, 0.6) is 0 Å². The van der Waals surface area contributed by atoms with Gasteiger partial charge in [0.05, 0.1) is 28.7 Å². The van der Waals surface area contributed by atoms with Gasteiger partial charge in [-0.1, -0.05) is 17.7 Å². The largest absolute Gasteiger partial charge is 0.442 e. The minimum Gasteiger partial charge on any atom is -0.442 e. The zero-order valence-corrected chi connectivity index (χ0v) is 26.7. The Morgan fingerprint density at radius 1 is 1.14 bits per heavy atom. The second-order valence-electron chi connectivity index (χ2n) is 13.5. The normalized spacial score (nSPS) is 18.2. The van der Waals surface area contributed by atoms with E-state index in [1.807, 2.05) is 34.6 Å². The first-order valence-corrected chi connectivity index (χ1v) is 14.7. The maximum Gasteiger partial charge on any atom is 0.435 e. The molecule has 1 aliphatic heterocycles. The van der Waals surface area contributed by atoms with Crippen molar-refractivity contribution < 1.29 is 24.2 Å². The lowest BCUT2D eigenvalue weighted by molar-refractivity contribution is -0.266. The van der Waals surface area contributed by atoms with Crippen molar-refractivity contribution in [2.75, 3.05) is 11.9 Å². The number of aliphatic hydroxyl groups excluding tert-OH is 1. The van der Waals surface area contributed by atoms with Crippen LogP contribution in [0, 0.1) is 17.2 Å². The third-order valence-electron chi connectivity index (χ3n) is 7.29. The Hall–Kier alpha value is -3.49. The lowest BCUT2D eigenvalue weighted by Gasteiger charge is -2.47. The number of amides is 1. The van der Waals surface area contributed by atoms with Crippen molar-refractivity contribution in [3.05, 3.63) is 47.0 Å². The van der Waals surface area contributed by atoms with Crippen LogP contribution in [-0.4, -0.2) is 61.5 Å². The summed E-state index contributed by atoms with van der Waals surface area (Å²) in [6, 6.07) is 12.3. The molecule has 43 heavy (non-hydrogen) atoms. The van der Waals surface area contributed by atoms with Crippen molar-refractivity contribution in [1.29, 1.82) is 5.26 Å². The van der Waals surface area contributed by atoms with E-state index in [1.165, 1.54) is 0 Å². The van der Waals surface area contributed by atoms with Crippen molar-refractivity contribution >= 4 is 40.3 Å². The van der Waals surface area contributed by atoms with Crippen molar-refractivity contribution in [3.8, 4) is 17.2 Å². The summed E-state index contributed by atoms with van der Waals surface area (Å²) in [7, 11) is 0. The second-order valence-corrected chi connectivity index (χ2v) is 13.9. The molecule has 3 aromatic rings. The molecule has 0 spiro atoms. The topological polar surface area (TPSA) is 130 Å². The summed E-state index contributed by atoms with van der Waals surface area (Å²) >= 11 is 6.49. The van der Waals surface area contributed by atoms with Gasteiger partial charge in [0, 0.05) is 28.1 Å². The number of carbonyl (C=O) groups excluding carboxylic acids is 2. The number of rotatable bonds is 5. The van der Waals surface area contributed by atoms with E-state index in [2.05, 4.69) is 16.5 Å². The van der Waals surface area contributed by atoms with Crippen molar-refractivity contribution in [1.82, 2.24) is 14.7 Å². The van der Waals surface area contributed by atoms with Gasteiger partial charge in [-0.3, -0.25) is 4.79 Å². The molecule has 230 valence electrons. The molecule has 4 rings (SSSR count). The lowest BCUT2D eigenvalue weighted by Crippen LogP contribution is -2.58. The lowest BCUT2D eigenvalue weighted by atomic mass is 9.84. The number of carbonyl (C=O) groups is 2. The van der Waals surface area contributed by atoms with Crippen LogP contribution in [0.15, 0.2) is 36.4 Å². The molecule has 1 unspecified atom stereocenters. The van der Waals surface area contributed by atoms with Gasteiger partial charge < -0.3 is 19.9 Å². The number of hydrogen-bond acceptors (Lipinski definition) is 8. The number of piperidine rings is 1. The predicted molar refractivity (Wildman–Crippen MR) is 166 cm³/mol. The highest BCUT2D eigenvalue weighted by Crippen LogP contribution is 2.36. The van der Waals surface area contributed by atoms with Crippen molar-refractivity contribution in [3.63, 3.8) is 0 Å². The van der Waals surface area contributed by atoms with Crippen LogP contribution in [0.25, 0.3) is 22.0 Å². The van der Waals surface area contributed by atoms with Crippen LogP contribution in [0.2, 0.25) is 5.02 Å². The summed E-state index contributed by atoms with van der Waals surface area (Å²) in [4.78, 5) is 28.6. The molecule has 2 heterocycles. The molecule has 2 aromatic carbocycles. The molecular formula is C32H40ClN5O5. The van der Waals surface area contributed by atoms with Gasteiger partial charge in [-0.25, -0.2) is 9.69 Å². The Labute approximate surface area is 257 Å². The average molecular weight is 610 g/mol. The summed E-state index contributed by atoms with van der Waals surface area (Å²) in [5.41, 5.74) is 0.452. The van der Waals surface area contributed by atoms with E-state index < -0.39 is 35.2 Å². The number of halogens is 1. The first kappa shape index (κ1) is 32.4. The van der Waals surface area contributed by atoms with Crippen molar-refractivity contribution in [2.24, 2.45) is 5.92 Å². The van der Waals surface area contributed by atoms with Crippen molar-refractivity contribution in [2.45, 2.75) is 91.4 Å². The quantitative estimate of drug-likeness (QED) is 0.312. The molecule has 1 amide bonds. The summed E-state index contributed by atoms with van der Waals surface area (Å²) in [6.07, 6.45) is -0.636. The number of anilines is 1. The van der Waals surface area contributed by atoms with Gasteiger partial charge in [0.25, 0.3) is 0 Å². The number of nitrogens with zero attached hydrogens (tertiary/aromatic N) is 4. The molecule has 0 bridgehead atoms. The van der Waals surface area contributed by atoms with Gasteiger partial charge in [-0.2, -0.15) is 9.94 Å². The van der Waals surface area contributed by atoms with Gasteiger partial charge in [0.15, 0.2) is 5.82 Å². The summed E-state index contributed by atoms with van der Waals surface area (Å²) in [6.45, 7) is 15.2. The number of likely N-dealkylation sites (tertiary alicyclic amines) is 1. The fraction of sp³-hybridized carbons (Fsp3) is 0.500. The Morgan fingerprint density at radius 2 is 1.84 bits per heavy atom. The Balaban J connectivity index is 1.71. The molecular weight excluding hydrogens is 570 g/mol. The molecule has 11 heteroatoms. The molecule has 0 radical (unpaired) electrons. The molecule has 1 fully saturated rings. The molecule has 1 aromatic heterocycles. The monoisotopic (exact) mass is 609 g/mol. The van der Waals surface area contributed by atoms with Gasteiger partial charge in [-0.05, 0) is 104 Å². The zero-order chi connectivity index (χ0) is 31.9. The first-order chi connectivity index (χ1) is 19.9. The van der Waals surface area contributed by atoms with E-state index in [1.54, 1.807) is 62.1 Å². The fourth-order valence-corrected chi connectivity index (χ4v) is 5.31. The van der Waals surface area contributed by atoms with Crippen LogP contribution in [0.3, 0.4) is 0 Å². The number of ether oxygens (including phenoxy) is 2. The standard InChI is InChI=1S/C32H40ClN5O5/c1-30(2,3)42-28(40)37-18-21(13-14-32(37,7)8)27(39)35-26-23-16-20(22-15-19(17-34)9-11-24(22)33)10-12-25(23)38(36-26)29(41)43-31(4,5)6/h9-12,15-16,21,28,40H,13-14,18H2,1-8H3,(H,35,36,39)/t21-,28?/m1/s1. The Bertz CT molecular complexity index is 1580. The second kappa shape index (κ2) is 11.9. The smallest absolute Gasteiger partial charge is 0.435 e. The molecule has 0 saturated carbocycles. The maximum atomic E-state index is 13.7. The van der Waals surface area contributed by atoms with Gasteiger partial charge >= 0.3 is 6.09 Å². The number of benzene rings is 2. The van der Waals surface area contributed by atoms with E-state index in [-0.39, 0.29) is 18.3 Å². The van der Waals surface area contributed by atoms with E-state index in [0.717, 1.165) is 4.68 Å². The number of fused-ring (bicyclic) bond motifs is 1. The van der Waals surface area contributed by atoms with Crippen LogP contribution in [0.4, 0.5) is 10.6 Å². The fourth-order valence-electron chi connectivity index (χ4n) is 5.09. The first-order valence-electron chi connectivity index (χ1n) is 14.3. The highest BCUT2D eigenvalue weighted by atomic mass is 35.5. The molecule has 2 atom stereocenters. The number of aliphatic hydroxyl groups is 1. The SMILES string of the molecule is CC(C)(C)OC(=O)n1nc(NC(=O)[C@@H]2CCC(C)(C)N(C(O)OC(C)(C)C)C2)c2cc(-c3cc(C#N)ccc3Cl)ccc21. The highest BCUT2D eigenvalue weighted by molar-refractivity contribution is 6.33. The van der Waals surface area contributed by atoms with Crippen LogP contribution in [-0.2, 0) is 14.3 Å². The maximum absolute atomic E-state index is 13.7. The average Bonchev–Trinajstić information content (AvgIpc) is 3.24. The highest BCUT2D eigenvalue weighted by Gasteiger charge is 2.42. The number of nitriles is 1. The van der Waals surface area contributed by atoms with Crippen LogP contribution in [0.1, 0.15) is 73.8 Å². The Kier molecular flexibility index (Phi) is 8.96. The zero-order valence-electron chi connectivity index (χ0n) is 26.0. The van der Waals surface area contributed by atoms with Gasteiger partial charge in [0.1, 0.15) is 5.60 Å². The summed E-state index contributed by atoms with van der Waals surface area (Å²) in [5.74, 6) is -0.588. The minimum absolute atomic E-state index is 0.183. The van der Waals surface area contributed by atoms with Crippen LogP contribution >= 0.6 is 11.6 Å². The molecule has 10 nitrogen and oxygen atoms in total. The third-order valence-corrected chi connectivity index (χ3v) is 7.62. The molecule has 1 aliphatic rings. The molecule has 2 N–H and O–H groups in total. The number of nitrogens with one attached hydrogen (secondary N) is 1. The van der Waals surface area contributed by atoms with Gasteiger partial charge in [0.2, 0.25) is 12.3 Å². The summed E-state index contributed by atoms with van der Waals surface area (Å²) < 4.78 is 12.5. The van der Waals surface area contributed by atoms with Crippen LogP contribution < -0.4 is 5.32 Å². The Morgan fingerprint density at radius 3 is 2.47 bits per heavy atom. The van der Waals surface area contributed by atoms with E-state index in [0.29, 0.717) is 45.5 Å². The van der Waals surface area contributed by atoms with E-state index in [9.17, 15) is 20.0 Å². The molecule has 0 aliphatic carbocycles. The third kappa shape index (κ3) is 7.54. The number of hydrogen-bond donors (Lipinski definition) is 2. The molecule has 1 saturated heterocycles. The van der Waals surface area contributed by atoms with E-state index >= 15 is 0 Å². The number of aromatic nitrogens is 2.